The molecule has 0 amide bonds. The Morgan fingerprint density at radius 3 is 0.955 bits per heavy atom. The molecular formula is C22H32. The van der Waals surface area contributed by atoms with E-state index in [2.05, 4.69) is 79.7 Å². The van der Waals surface area contributed by atoms with Crippen molar-refractivity contribution in [2.75, 3.05) is 0 Å². The van der Waals surface area contributed by atoms with Crippen molar-refractivity contribution >= 4 is 10.8 Å². The average Bonchev–Trinajstić information content (AvgIpc) is 2.43. The van der Waals surface area contributed by atoms with E-state index in [0.29, 0.717) is 23.7 Å². The molecule has 0 spiro atoms. The van der Waals surface area contributed by atoms with Gasteiger partial charge in [0.1, 0.15) is 0 Å². The van der Waals surface area contributed by atoms with Gasteiger partial charge < -0.3 is 0 Å². The molecule has 0 atom stereocenters. The highest BCUT2D eigenvalue weighted by Gasteiger charge is 2.25. The third-order valence-corrected chi connectivity index (χ3v) is 4.69. The Balaban J connectivity index is 3.10. The van der Waals surface area contributed by atoms with Gasteiger partial charge in [0.05, 0.1) is 0 Å². The Morgan fingerprint density at radius 1 is 0.455 bits per heavy atom. The van der Waals surface area contributed by atoms with Crippen LogP contribution in [0.5, 0.6) is 0 Å². The van der Waals surface area contributed by atoms with Crippen LogP contribution in [0.3, 0.4) is 0 Å². The summed E-state index contributed by atoms with van der Waals surface area (Å²) in [6.07, 6.45) is 0. The molecule has 0 fully saturated rings. The van der Waals surface area contributed by atoms with Crippen LogP contribution in [0.25, 0.3) is 10.8 Å². The lowest BCUT2D eigenvalue weighted by atomic mass is 9.75. The van der Waals surface area contributed by atoms with Crippen LogP contribution in [0.1, 0.15) is 101 Å². The summed E-state index contributed by atoms with van der Waals surface area (Å²) in [5, 5.41) is 2.93. The maximum atomic E-state index is 2.35. The summed E-state index contributed by atoms with van der Waals surface area (Å²) in [6, 6.07) is 9.04. The fraction of sp³-hybridized carbons (Fsp3) is 0.545. The predicted octanol–water partition coefficient (Wildman–Crippen LogP) is 7.33. The van der Waals surface area contributed by atoms with Crippen molar-refractivity contribution in [3.63, 3.8) is 0 Å². The molecule has 0 radical (unpaired) electrons. The fourth-order valence-corrected chi connectivity index (χ4v) is 4.02. The van der Waals surface area contributed by atoms with Gasteiger partial charge in [-0.05, 0) is 56.7 Å². The van der Waals surface area contributed by atoms with E-state index < -0.39 is 0 Å². The Bertz CT molecular complexity index is 599. The minimum atomic E-state index is 0.556. The van der Waals surface area contributed by atoms with Crippen molar-refractivity contribution in [2.24, 2.45) is 0 Å². The van der Waals surface area contributed by atoms with E-state index >= 15 is 0 Å². The van der Waals surface area contributed by atoms with E-state index in [4.69, 9.17) is 0 Å². The topological polar surface area (TPSA) is 0 Å². The third kappa shape index (κ3) is 2.81. The van der Waals surface area contributed by atoms with Crippen molar-refractivity contribution in [3.05, 3.63) is 46.5 Å². The van der Waals surface area contributed by atoms with Crippen molar-refractivity contribution in [2.45, 2.75) is 79.1 Å². The van der Waals surface area contributed by atoms with Crippen LogP contribution < -0.4 is 0 Å². The average molecular weight is 296 g/mol. The molecule has 120 valence electrons. The quantitative estimate of drug-likeness (QED) is 0.554. The lowest BCUT2D eigenvalue weighted by molar-refractivity contribution is 0.730. The Kier molecular flexibility index (Phi) is 5.00. The van der Waals surface area contributed by atoms with Gasteiger partial charge in [-0.15, -0.1) is 0 Å². The van der Waals surface area contributed by atoms with Gasteiger partial charge >= 0.3 is 0 Å². The number of benzene rings is 2. The van der Waals surface area contributed by atoms with Gasteiger partial charge in [0.25, 0.3) is 0 Å². The highest BCUT2D eigenvalue weighted by atomic mass is 14.3. The second kappa shape index (κ2) is 6.44. The summed E-state index contributed by atoms with van der Waals surface area (Å²) in [4.78, 5) is 0. The zero-order chi connectivity index (χ0) is 16.6. The first-order valence-electron chi connectivity index (χ1n) is 8.85. The van der Waals surface area contributed by atoms with Crippen LogP contribution in [0, 0.1) is 0 Å². The molecule has 2 rings (SSSR count). The van der Waals surface area contributed by atoms with Gasteiger partial charge in [-0.3, -0.25) is 0 Å². The van der Waals surface area contributed by atoms with Gasteiger partial charge in [0, 0.05) is 0 Å². The number of hydrogen-bond acceptors (Lipinski definition) is 0. The van der Waals surface area contributed by atoms with Crippen LogP contribution >= 0.6 is 0 Å². The zero-order valence-corrected chi connectivity index (χ0v) is 15.6. The molecule has 22 heavy (non-hydrogen) atoms. The van der Waals surface area contributed by atoms with Crippen molar-refractivity contribution < 1.29 is 0 Å². The normalized spacial score (nSPS) is 12.4. The van der Waals surface area contributed by atoms with Crippen molar-refractivity contribution in [1.82, 2.24) is 0 Å². The second-order valence-corrected chi connectivity index (χ2v) is 7.82. The van der Waals surface area contributed by atoms with E-state index in [1.165, 1.54) is 10.8 Å². The fourth-order valence-electron chi connectivity index (χ4n) is 4.02. The minimum absolute atomic E-state index is 0.556. The Hall–Kier alpha value is -1.30. The molecule has 2 aromatic rings. The Morgan fingerprint density at radius 2 is 0.727 bits per heavy atom. The molecule has 0 aromatic heterocycles. The van der Waals surface area contributed by atoms with Crippen LogP contribution in [0.4, 0.5) is 0 Å². The number of hydrogen-bond donors (Lipinski definition) is 0. The first kappa shape index (κ1) is 17.1. The Labute approximate surface area is 136 Å². The molecule has 0 aliphatic carbocycles. The van der Waals surface area contributed by atoms with Gasteiger partial charge in [-0.1, -0.05) is 79.7 Å². The minimum Gasteiger partial charge on any atom is -0.0616 e. The monoisotopic (exact) mass is 296 g/mol. The van der Waals surface area contributed by atoms with E-state index in [0.717, 1.165) is 0 Å². The van der Waals surface area contributed by atoms with Crippen molar-refractivity contribution in [3.8, 4) is 0 Å². The SMILES string of the molecule is CC(C)c1c(C(C)C)c(C(C)C)c2ccccc2c1C(C)C. The molecule has 0 saturated heterocycles. The molecule has 0 bridgehead atoms. The maximum Gasteiger partial charge on any atom is -0.0143 e. The number of rotatable bonds is 4. The highest BCUT2D eigenvalue weighted by molar-refractivity contribution is 5.92. The lowest BCUT2D eigenvalue weighted by Gasteiger charge is -2.30. The van der Waals surface area contributed by atoms with E-state index in [1.807, 2.05) is 0 Å². The van der Waals surface area contributed by atoms with Gasteiger partial charge in [0.2, 0.25) is 0 Å². The molecular weight excluding hydrogens is 264 g/mol. The summed E-state index contributed by atoms with van der Waals surface area (Å²) in [5.41, 5.74) is 6.34. The lowest BCUT2D eigenvalue weighted by Crippen LogP contribution is -2.11. The summed E-state index contributed by atoms with van der Waals surface area (Å²) >= 11 is 0. The zero-order valence-electron chi connectivity index (χ0n) is 15.6. The molecule has 0 unspecified atom stereocenters. The number of fused-ring (bicyclic) bond motifs is 1. The van der Waals surface area contributed by atoms with E-state index in [-0.39, 0.29) is 0 Å². The predicted molar refractivity (Wildman–Crippen MR) is 100 cm³/mol. The summed E-state index contributed by atoms with van der Waals surface area (Å²) in [5.74, 6) is 2.25. The first-order chi connectivity index (χ1) is 10.3. The highest BCUT2D eigenvalue weighted by Crippen LogP contribution is 2.43. The van der Waals surface area contributed by atoms with Crippen LogP contribution in [-0.4, -0.2) is 0 Å². The molecule has 0 N–H and O–H groups in total. The first-order valence-corrected chi connectivity index (χ1v) is 8.85. The standard InChI is InChI=1S/C22H32/c1-13(2)19-17-11-9-10-12-18(17)20(14(3)4)22(16(7)8)21(19)15(5)6/h9-16H,1-8H3. The summed E-state index contributed by atoms with van der Waals surface area (Å²) in [7, 11) is 0. The van der Waals surface area contributed by atoms with E-state index in [1.54, 1.807) is 22.3 Å². The molecule has 0 aliphatic rings. The smallest absolute Gasteiger partial charge is 0.0143 e. The van der Waals surface area contributed by atoms with Crippen LogP contribution in [0.2, 0.25) is 0 Å². The molecule has 0 aliphatic heterocycles. The summed E-state index contributed by atoms with van der Waals surface area (Å²) < 4.78 is 0. The van der Waals surface area contributed by atoms with E-state index in [9.17, 15) is 0 Å². The van der Waals surface area contributed by atoms with Crippen molar-refractivity contribution in [1.29, 1.82) is 0 Å². The van der Waals surface area contributed by atoms with Crippen LogP contribution in [0.15, 0.2) is 24.3 Å². The van der Waals surface area contributed by atoms with Gasteiger partial charge in [-0.2, -0.15) is 0 Å². The molecule has 2 aromatic carbocycles. The third-order valence-electron chi connectivity index (χ3n) is 4.69. The molecule has 0 nitrogen and oxygen atoms in total. The van der Waals surface area contributed by atoms with Gasteiger partial charge in [0.15, 0.2) is 0 Å². The molecule has 0 heteroatoms. The van der Waals surface area contributed by atoms with Crippen LogP contribution in [-0.2, 0) is 0 Å². The van der Waals surface area contributed by atoms with Gasteiger partial charge in [-0.25, -0.2) is 0 Å². The molecule has 0 heterocycles. The second-order valence-electron chi connectivity index (χ2n) is 7.82. The molecule has 0 saturated carbocycles. The summed E-state index contributed by atoms with van der Waals surface area (Å²) in [6.45, 7) is 18.8. The largest absolute Gasteiger partial charge is 0.0616 e. The maximum absolute atomic E-state index is 2.35.